The summed E-state index contributed by atoms with van der Waals surface area (Å²) in [5.74, 6) is 1.34. The largest absolute Gasteiger partial charge is 0.493 e. The van der Waals surface area contributed by atoms with Gasteiger partial charge in [0, 0.05) is 18.7 Å². The predicted octanol–water partition coefficient (Wildman–Crippen LogP) is 4.65. The third-order valence-corrected chi connectivity index (χ3v) is 4.95. The highest BCUT2D eigenvalue weighted by Crippen LogP contribution is 2.28. The molecular formula is C24H34N2O3. The van der Waals surface area contributed by atoms with E-state index in [1.54, 1.807) is 7.11 Å². The summed E-state index contributed by atoms with van der Waals surface area (Å²) in [6.07, 6.45) is 2.09. The normalized spacial score (nSPS) is 10.8. The number of carbonyl (C=O) groups excluding carboxylic acids is 1. The fourth-order valence-corrected chi connectivity index (χ4v) is 3.02. The van der Waals surface area contributed by atoms with Crippen molar-refractivity contribution in [2.45, 2.75) is 46.7 Å². The topological polar surface area (TPSA) is 50.8 Å². The van der Waals surface area contributed by atoms with E-state index < -0.39 is 0 Å². The maximum absolute atomic E-state index is 12.5. The molecule has 0 aliphatic rings. The third kappa shape index (κ3) is 7.09. The molecule has 2 aromatic carbocycles. The van der Waals surface area contributed by atoms with Gasteiger partial charge in [-0.15, -0.1) is 0 Å². The van der Waals surface area contributed by atoms with Crippen molar-refractivity contribution < 1.29 is 14.3 Å². The summed E-state index contributed by atoms with van der Waals surface area (Å²) in [6.45, 7) is 10.5. The maximum Gasteiger partial charge on any atom is 0.251 e. The van der Waals surface area contributed by atoms with E-state index >= 15 is 0 Å². The fourth-order valence-electron chi connectivity index (χ4n) is 3.02. The van der Waals surface area contributed by atoms with E-state index in [0.29, 0.717) is 24.5 Å². The monoisotopic (exact) mass is 398 g/mol. The summed E-state index contributed by atoms with van der Waals surface area (Å²) in [6, 6.07) is 13.6. The molecule has 5 heteroatoms. The van der Waals surface area contributed by atoms with Crippen molar-refractivity contribution in [3.8, 4) is 11.5 Å². The summed E-state index contributed by atoms with van der Waals surface area (Å²) in [5, 5.41) is 2.98. The van der Waals surface area contributed by atoms with Gasteiger partial charge in [0.1, 0.15) is 0 Å². The molecule has 0 aromatic heterocycles. The Bertz CT molecular complexity index is 755. The summed E-state index contributed by atoms with van der Waals surface area (Å²) in [5.41, 5.74) is 2.85. The molecule has 5 nitrogen and oxygen atoms in total. The lowest BCUT2D eigenvalue weighted by molar-refractivity contribution is 0.0951. The van der Waals surface area contributed by atoms with Gasteiger partial charge in [-0.25, -0.2) is 0 Å². The molecule has 0 aliphatic heterocycles. The van der Waals surface area contributed by atoms with E-state index in [1.165, 1.54) is 5.56 Å². The van der Waals surface area contributed by atoms with E-state index in [2.05, 4.69) is 31.0 Å². The first kappa shape index (κ1) is 22.8. The lowest BCUT2D eigenvalue weighted by Crippen LogP contribution is -2.23. The Morgan fingerprint density at radius 2 is 1.66 bits per heavy atom. The molecule has 1 amide bonds. The van der Waals surface area contributed by atoms with Gasteiger partial charge in [0.2, 0.25) is 0 Å². The zero-order valence-electron chi connectivity index (χ0n) is 18.2. The van der Waals surface area contributed by atoms with Gasteiger partial charge in [-0.1, -0.05) is 45.4 Å². The number of nitrogens with zero attached hydrogens (tertiary/aromatic N) is 1. The van der Waals surface area contributed by atoms with Gasteiger partial charge in [-0.3, -0.25) is 9.69 Å². The van der Waals surface area contributed by atoms with Gasteiger partial charge in [0.15, 0.2) is 11.5 Å². The molecule has 0 aliphatic carbocycles. The van der Waals surface area contributed by atoms with Crippen LogP contribution in [0.1, 0.15) is 55.1 Å². The van der Waals surface area contributed by atoms with Gasteiger partial charge >= 0.3 is 0 Å². The first-order chi connectivity index (χ1) is 14.1. The summed E-state index contributed by atoms with van der Waals surface area (Å²) >= 11 is 0. The van der Waals surface area contributed by atoms with Crippen LogP contribution in [0.4, 0.5) is 0 Å². The zero-order chi connectivity index (χ0) is 21.1. The highest BCUT2D eigenvalue weighted by Gasteiger charge is 2.09. The van der Waals surface area contributed by atoms with Crippen LogP contribution >= 0.6 is 0 Å². The van der Waals surface area contributed by atoms with Crippen LogP contribution in [0.5, 0.6) is 11.5 Å². The number of rotatable bonds is 12. The molecular weight excluding hydrogens is 364 g/mol. The quantitative estimate of drug-likeness (QED) is 0.529. The average molecular weight is 399 g/mol. The number of benzene rings is 2. The number of amides is 1. The molecule has 158 valence electrons. The van der Waals surface area contributed by atoms with Crippen LogP contribution < -0.4 is 14.8 Å². The van der Waals surface area contributed by atoms with Crippen molar-refractivity contribution in [2.75, 3.05) is 26.8 Å². The second-order valence-electron chi connectivity index (χ2n) is 7.03. The Hall–Kier alpha value is -2.53. The first-order valence-corrected chi connectivity index (χ1v) is 10.5. The van der Waals surface area contributed by atoms with Crippen LogP contribution in [0.2, 0.25) is 0 Å². The molecule has 0 saturated heterocycles. The van der Waals surface area contributed by atoms with Crippen molar-refractivity contribution >= 4 is 5.91 Å². The Morgan fingerprint density at radius 3 is 2.28 bits per heavy atom. The van der Waals surface area contributed by atoms with Crippen LogP contribution in [0.25, 0.3) is 0 Å². The molecule has 0 atom stereocenters. The molecule has 0 heterocycles. The van der Waals surface area contributed by atoms with Crippen molar-refractivity contribution in [3.05, 3.63) is 59.2 Å². The summed E-state index contributed by atoms with van der Waals surface area (Å²) < 4.78 is 11.2. The van der Waals surface area contributed by atoms with Crippen molar-refractivity contribution in [3.63, 3.8) is 0 Å². The second kappa shape index (κ2) is 12.1. The first-order valence-electron chi connectivity index (χ1n) is 10.5. The van der Waals surface area contributed by atoms with E-state index in [-0.39, 0.29) is 5.91 Å². The highest BCUT2D eigenvalue weighted by atomic mass is 16.5. The minimum absolute atomic E-state index is 0.0818. The van der Waals surface area contributed by atoms with Gasteiger partial charge in [0.05, 0.1) is 13.7 Å². The van der Waals surface area contributed by atoms with Crippen molar-refractivity contribution in [2.24, 2.45) is 0 Å². The molecule has 1 N–H and O–H groups in total. The van der Waals surface area contributed by atoms with Crippen LogP contribution in [-0.2, 0) is 13.1 Å². The lowest BCUT2D eigenvalue weighted by atomic mass is 10.1. The number of nitrogens with one attached hydrogen (secondary N) is 1. The lowest BCUT2D eigenvalue weighted by Gasteiger charge is -2.18. The van der Waals surface area contributed by atoms with Crippen LogP contribution in [-0.4, -0.2) is 37.6 Å². The van der Waals surface area contributed by atoms with Crippen molar-refractivity contribution in [1.82, 2.24) is 10.2 Å². The average Bonchev–Trinajstić information content (AvgIpc) is 2.76. The Labute approximate surface area is 175 Å². The molecule has 0 radical (unpaired) electrons. The van der Waals surface area contributed by atoms with Gasteiger partial charge in [-0.05, 0) is 54.9 Å². The molecule has 2 aromatic rings. The highest BCUT2D eigenvalue weighted by molar-refractivity contribution is 5.94. The molecule has 0 saturated carbocycles. The number of methoxy groups -OCH3 is 1. The number of hydrogen-bond donors (Lipinski definition) is 1. The molecule has 0 bridgehead atoms. The molecule has 0 unspecified atom stereocenters. The SMILES string of the molecule is CCCCOc1ccc(CNC(=O)c2ccc(CN(CC)CC)cc2)cc1OC. The minimum Gasteiger partial charge on any atom is -0.493 e. The fraction of sp³-hybridized carbons (Fsp3) is 0.458. The van der Waals surface area contributed by atoms with Gasteiger partial charge in [-0.2, -0.15) is 0 Å². The number of carbonyl (C=O) groups is 1. The van der Waals surface area contributed by atoms with Gasteiger partial charge in [0.25, 0.3) is 5.91 Å². The molecule has 0 spiro atoms. The van der Waals surface area contributed by atoms with E-state index in [4.69, 9.17) is 9.47 Å². The van der Waals surface area contributed by atoms with Crippen LogP contribution in [0, 0.1) is 0 Å². The van der Waals surface area contributed by atoms with E-state index in [0.717, 1.165) is 43.8 Å². The number of ether oxygens (including phenoxy) is 2. The summed E-state index contributed by atoms with van der Waals surface area (Å²) in [7, 11) is 1.63. The maximum atomic E-state index is 12.5. The van der Waals surface area contributed by atoms with E-state index in [9.17, 15) is 4.79 Å². The molecule has 0 fully saturated rings. The van der Waals surface area contributed by atoms with Crippen LogP contribution in [0.3, 0.4) is 0 Å². The number of hydrogen-bond acceptors (Lipinski definition) is 4. The van der Waals surface area contributed by atoms with Crippen LogP contribution in [0.15, 0.2) is 42.5 Å². The Balaban J connectivity index is 1.92. The Morgan fingerprint density at radius 1 is 0.966 bits per heavy atom. The Kier molecular flexibility index (Phi) is 9.51. The summed E-state index contributed by atoms with van der Waals surface area (Å²) in [4.78, 5) is 14.8. The van der Waals surface area contributed by atoms with Crippen molar-refractivity contribution in [1.29, 1.82) is 0 Å². The zero-order valence-corrected chi connectivity index (χ0v) is 18.2. The molecule has 2 rings (SSSR count). The smallest absolute Gasteiger partial charge is 0.251 e. The number of unbranched alkanes of at least 4 members (excludes halogenated alkanes) is 1. The van der Waals surface area contributed by atoms with Gasteiger partial charge < -0.3 is 14.8 Å². The standard InChI is InChI=1S/C24H34N2O3/c1-5-8-15-29-22-14-11-20(16-23(22)28-4)17-25-24(27)21-12-9-19(10-13-21)18-26(6-2)7-3/h9-14,16H,5-8,15,17-18H2,1-4H3,(H,25,27). The predicted molar refractivity (Wildman–Crippen MR) is 118 cm³/mol. The molecule has 29 heavy (non-hydrogen) atoms. The third-order valence-electron chi connectivity index (χ3n) is 4.95. The second-order valence-corrected chi connectivity index (χ2v) is 7.03. The minimum atomic E-state index is -0.0818. The van der Waals surface area contributed by atoms with E-state index in [1.807, 2.05) is 42.5 Å².